The zero-order valence-corrected chi connectivity index (χ0v) is 13.2. The van der Waals surface area contributed by atoms with Crippen LogP contribution in [-0.4, -0.2) is 22.5 Å². The monoisotopic (exact) mass is 331 g/mol. The minimum absolute atomic E-state index is 0.0924. The Labute approximate surface area is 132 Å². The first kappa shape index (κ1) is 19.0. The number of nitrogens with one attached hydrogen (secondary N) is 1. The third-order valence-electron chi connectivity index (χ3n) is 3.82. The van der Waals surface area contributed by atoms with Crippen molar-refractivity contribution in [3.05, 3.63) is 35.4 Å². The van der Waals surface area contributed by atoms with Gasteiger partial charge < -0.3 is 10.4 Å². The third kappa shape index (κ3) is 4.97. The number of hydrogen-bond donors (Lipinski definition) is 2. The summed E-state index contributed by atoms with van der Waals surface area (Å²) in [7, 11) is 0. The molecule has 2 unspecified atom stereocenters. The average Bonchev–Trinajstić information content (AvgIpc) is 2.46. The van der Waals surface area contributed by atoms with Crippen LogP contribution < -0.4 is 5.32 Å². The Kier molecular flexibility index (Phi) is 5.80. The highest BCUT2D eigenvalue weighted by Gasteiger charge is 2.34. The van der Waals surface area contributed by atoms with Crippen molar-refractivity contribution in [2.45, 2.75) is 45.3 Å². The zero-order valence-electron chi connectivity index (χ0n) is 13.2. The van der Waals surface area contributed by atoms with E-state index in [1.165, 1.54) is 19.1 Å². The Morgan fingerprint density at radius 1 is 1.30 bits per heavy atom. The average molecular weight is 331 g/mol. The van der Waals surface area contributed by atoms with Crippen molar-refractivity contribution < 1.29 is 27.9 Å². The van der Waals surface area contributed by atoms with Crippen molar-refractivity contribution >= 4 is 11.9 Å². The second-order valence-corrected chi connectivity index (χ2v) is 5.78. The van der Waals surface area contributed by atoms with E-state index in [1.54, 1.807) is 13.8 Å². The number of carboxylic acid groups (broad SMARTS) is 1. The molecule has 1 aromatic rings. The summed E-state index contributed by atoms with van der Waals surface area (Å²) < 4.78 is 38.0. The summed E-state index contributed by atoms with van der Waals surface area (Å²) in [5, 5.41) is 11.6. The molecule has 0 aromatic heterocycles. The van der Waals surface area contributed by atoms with E-state index in [9.17, 15) is 22.8 Å². The molecule has 0 bridgehead atoms. The van der Waals surface area contributed by atoms with Gasteiger partial charge in [-0.1, -0.05) is 32.0 Å². The van der Waals surface area contributed by atoms with E-state index < -0.39 is 35.1 Å². The van der Waals surface area contributed by atoms with Crippen molar-refractivity contribution in [2.24, 2.45) is 5.92 Å². The van der Waals surface area contributed by atoms with Crippen LogP contribution >= 0.6 is 0 Å². The predicted molar refractivity (Wildman–Crippen MR) is 78.8 cm³/mol. The maximum Gasteiger partial charge on any atom is 0.416 e. The van der Waals surface area contributed by atoms with Gasteiger partial charge in [-0.25, -0.2) is 4.79 Å². The van der Waals surface area contributed by atoms with Gasteiger partial charge in [-0.15, -0.1) is 0 Å². The fourth-order valence-electron chi connectivity index (χ4n) is 2.01. The molecule has 0 heterocycles. The molecule has 128 valence electrons. The SMILES string of the molecule is CCC(C)(NC(=O)C(C)Cc1cccc(C(F)(F)F)c1)C(=O)O. The van der Waals surface area contributed by atoms with Crippen LogP contribution in [0.2, 0.25) is 0 Å². The summed E-state index contributed by atoms with van der Waals surface area (Å²) in [6.07, 6.45) is -4.15. The van der Waals surface area contributed by atoms with E-state index in [4.69, 9.17) is 5.11 Å². The summed E-state index contributed by atoms with van der Waals surface area (Å²) in [5.74, 6) is -2.31. The Balaban J connectivity index is 2.82. The minimum Gasteiger partial charge on any atom is -0.480 e. The van der Waals surface area contributed by atoms with Gasteiger partial charge in [-0.2, -0.15) is 13.2 Å². The minimum atomic E-state index is -4.44. The molecule has 4 nitrogen and oxygen atoms in total. The Bertz CT molecular complexity index is 586. The molecule has 1 amide bonds. The molecule has 0 radical (unpaired) electrons. The van der Waals surface area contributed by atoms with Gasteiger partial charge in [0.15, 0.2) is 0 Å². The van der Waals surface area contributed by atoms with E-state index in [2.05, 4.69) is 5.32 Å². The molecule has 0 spiro atoms. The van der Waals surface area contributed by atoms with Crippen LogP contribution in [0.15, 0.2) is 24.3 Å². The lowest BCUT2D eigenvalue weighted by atomic mass is 9.95. The molecule has 0 aliphatic rings. The standard InChI is InChI=1S/C16H20F3NO3/c1-4-15(3,14(22)23)20-13(21)10(2)8-11-6-5-7-12(9-11)16(17,18)19/h5-7,9-10H,4,8H2,1-3H3,(H,20,21)(H,22,23). The maximum absolute atomic E-state index is 12.7. The van der Waals surface area contributed by atoms with Gasteiger partial charge in [-0.3, -0.25) is 4.79 Å². The van der Waals surface area contributed by atoms with E-state index in [0.29, 0.717) is 5.56 Å². The first-order chi connectivity index (χ1) is 10.5. The second-order valence-electron chi connectivity index (χ2n) is 5.78. The molecule has 0 aliphatic heterocycles. The van der Waals surface area contributed by atoms with Gasteiger partial charge in [0, 0.05) is 5.92 Å². The molecule has 0 saturated heterocycles. The molecule has 1 aromatic carbocycles. The van der Waals surface area contributed by atoms with Gasteiger partial charge in [0.2, 0.25) is 5.91 Å². The lowest BCUT2D eigenvalue weighted by Crippen LogP contribution is -2.53. The summed E-state index contributed by atoms with van der Waals surface area (Å²) in [4.78, 5) is 23.3. The normalized spacial score (nSPS) is 15.6. The van der Waals surface area contributed by atoms with Crippen LogP contribution in [-0.2, 0) is 22.2 Å². The Morgan fingerprint density at radius 2 is 1.91 bits per heavy atom. The highest BCUT2D eigenvalue weighted by Crippen LogP contribution is 2.30. The summed E-state index contributed by atoms with van der Waals surface area (Å²) in [5.41, 5.74) is -1.79. The Hall–Kier alpha value is -2.05. The van der Waals surface area contributed by atoms with Crippen molar-refractivity contribution in [1.82, 2.24) is 5.32 Å². The van der Waals surface area contributed by atoms with Gasteiger partial charge in [-0.05, 0) is 31.4 Å². The number of carbonyl (C=O) groups excluding carboxylic acids is 1. The fraction of sp³-hybridized carbons (Fsp3) is 0.500. The van der Waals surface area contributed by atoms with Crippen LogP contribution in [0.25, 0.3) is 0 Å². The number of benzene rings is 1. The molecule has 2 N–H and O–H groups in total. The van der Waals surface area contributed by atoms with E-state index in [-0.39, 0.29) is 12.8 Å². The largest absolute Gasteiger partial charge is 0.480 e. The van der Waals surface area contributed by atoms with Crippen LogP contribution in [0.3, 0.4) is 0 Å². The highest BCUT2D eigenvalue weighted by molar-refractivity contribution is 5.87. The molecule has 7 heteroatoms. The summed E-state index contributed by atoms with van der Waals surface area (Å²) in [6, 6.07) is 4.76. The lowest BCUT2D eigenvalue weighted by molar-refractivity contribution is -0.147. The molecule has 0 saturated carbocycles. The maximum atomic E-state index is 12.7. The Morgan fingerprint density at radius 3 is 2.39 bits per heavy atom. The van der Waals surface area contributed by atoms with Gasteiger partial charge in [0.1, 0.15) is 5.54 Å². The first-order valence-electron chi connectivity index (χ1n) is 7.21. The third-order valence-corrected chi connectivity index (χ3v) is 3.82. The number of aliphatic carboxylic acids is 1. The second kappa shape index (κ2) is 7.02. The molecular formula is C16H20F3NO3. The van der Waals surface area contributed by atoms with E-state index in [0.717, 1.165) is 12.1 Å². The topological polar surface area (TPSA) is 66.4 Å². The highest BCUT2D eigenvalue weighted by atomic mass is 19.4. The first-order valence-corrected chi connectivity index (χ1v) is 7.21. The number of hydrogen-bond acceptors (Lipinski definition) is 2. The van der Waals surface area contributed by atoms with Crippen molar-refractivity contribution in [1.29, 1.82) is 0 Å². The van der Waals surface area contributed by atoms with Gasteiger partial charge >= 0.3 is 12.1 Å². The molecule has 0 aliphatic carbocycles. The number of carboxylic acids is 1. The zero-order chi connectivity index (χ0) is 17.8. The van der Waals surface area contributed by atoms with E-state index in [1.807, 2.05) is 0 Å². The van der Waals surface area contributed by atoms with E-state index >= 15 is 0 Å². The summed E-state index contributed by atoms with van der Waals surface area (Å²) in [6.45, 7) is 4.57. The van der Waals surface area contributed by atoms with Crippen molar-refractivity contribution in [2.75, 3.05) is 0 Å². The number of halogens is 3. The van der Waals surface area contributed by atoms with Gasteiger partial charge in [0.25, 0.3) is 0 Å². The number of carbonyl (C=O) groups is 2. The molecule has 23 heavy (non-hydrogen) atoms. The van der Waals surface area contributed by atoms with Crippen molar-refractivity contribution in [3.8, 4) is 0 Å². The van der Waals surface area contributed by atoms with Crippen LogP contribution in [0.1, 0.15) is 38.3 Å². The van der Waals surface area contributed by atoms with Crippen LogP contribution in [0, 0.1) is 5.92 Å². The van der Waals surface area contributed by atoms with Gasteiger partial charge in [0.05, 0.1) is 5.56 Å². The van der Waals surface area contributed by atoms with Crippen LogP contribution in [0.5, 0.6) is 0 Å². The number of rotatable bonds is 6. The van der Waals surface area contributed by atoms with Crippen LogP contribution in [0.4, 0.5) is 13.2 Å². The molecule has 1 rings (SSSR count). The smallest absolute Gasteiger partial charge is 0.416 e. The fourth-order valence-corrected chi connectivity index (χ4v) is 2.01. The molecule has 0 fully saturated rings. The lowest BCUT2D eigenvalue weighted by Gasteiger charge is -2.26. The summed E-state index contributed by atoms with van der Waals surface area (Å²) >= 11 is 0. The number of alkyl halides is 3. The predicted octanol–water partition coefficient (Wildman–Crippen LogP) is 3.25. The van der Waals surface area contributed by atoms with Crippen molar-refractivity contribution in [3.63, 3.8) is 0 Å². The quantitative estimate of drug-likeness (QED) is 0.841. The molecule has 2 atom stereocenters. The molecular weight excluding hydrogens is 311 g/mol. The number of amides is 1.